The van der Waals surface area contributed by atoms with Crippen molar-refractivity contribution in [3.63, 3.8) is 0 Å². The average Bonchev–Trinajstić information content (AvgIpc) is 3.36. The van der Waals surface area contributed by atoms with Gasteiger partial charge in [0.05, 0.1) is 46.5 Å². The van der Waals surface area contributed by atoms with Gasteiger partial charge in [-0.1, -0.05) is 47.7 Å². The van der Waals surface area contributed by atoms with E-state index < -0.39 is 22.5 Å². The van der Waals surface area contributed by atoms with E-state index in [9.17, 15) is 24.8 Å². The number of phenolic OH excluding ortho intramolecular Hbond substituents is 1. The van der Waals surface area contributed by atoms with E-state index >= 15 is 0 Å². The number of ether oxygens (including phenoxy) is 4. The number of nitrogens with zero attached hydrogens (tertiary/aromatic N) is 3. The van der Waals surface area contributed by atoms with Crippen molar-refractivity contribution >= 4 is 34.8 Å². The molecule has 0 aliphatic carbocycles. The fourth-order valence-electron chi connectivity index (χ4n) is 5.13. The number of aromatic nitrogens is 1. The number of fused-ring (bicyclic) bond motifs is 1. The molecule has 1 aliphatic rings. The molecule has 5 rings (SSSR count). The summed E-state index contributed by atoms with van der Waals surface area (Å²) in [6.07, 6.45) is 1.41. The Morgan fingerprint density at radius 2 is 1.70 bits per heavy atom. The number of benzene rings is 3. The van der Waals surface area contributed by atoms with Gasteiger partial charge in [0, 0.05) is 5.70 Å². The Morgan fingerprint density at radius 3 is 2.38 bits per heavy atom. The average molecular weight is 660 g/mol. The Kier molecular flexibility index (Phi) is 10.0. The molecule has 2 heterocycles. The van der Waals surface area contributed by atoms with Crippen LogP contribution < -0.4 is 29.1 Å². The van der Waals surface area contributed by atoms with Gasteiger partial charge in [0.25, 0.3) is 11.2 Å². The third kappa shape index (κ3) is 6.89. The lowest BCUT2D eigenvalue weighted by molar-refractivity contribution is -0.385. The second-order valence-corrected chi connectivity index (χ2v) is 11.3. The molecular formula is C34H33N3O9S. The molecule has 0 radical (unpaired) electrons. The normalized spacial score (nSPS) is 14.3. The van der Waals surface area contributed by atoms with Gasteiger partial charge in [-0.3, -0.25) is 19.5 Å². The summed E-state index contributed by atoms with van der Waals surface area (Å²) >= 11 is 1.02. The molecule has 0 saturated carbocycles. The van der Waals surface area contributed by atoms with Crippen LogP contribution in [-0.2, 0) is 16.1 Å². The van der Waals surface area contributed by atoms with Crippen LogP contribution >= 0.6 is 11.3 Å². The van der Waals surface area contributed by atoms with Gasteiger partial charge in [0.15, 0.2) is 27.8 Å². The number of esters is 1. The smallest absolute Gasteiger partial charge is 0.338 e. The van der Waals surface area contributed by atoms with Crippen LogP contribution in [0, 0.1) is 10.1 Å². The van der Waals surface area contributed by atoms with Gasteiger partial charge in [0.1, 0.15) is 12.6 Å². The predicted molar refractivity (Wildman–Crippen MR) is 176 cm³/mol. The molecule has 1 N–H and O–H groups in total. The van der Waals surface area contributed by atoms with Crippen molar-refractivity contribution in [3.8, 4) is 23.0 Å². The quantitative estimate of drug-likeness (QED) is 0.127. The van der Waals surface area contributed by atoms with Gasteiger partial charge in [-0.2, -0.15) is 0 Å². The van der Waals surface area contributed by atoms with Crippen molar-refractivity contribution in [1.82, 2.24) is 4.57 Å². The Balaban J connectivity index is 1.66. The van der Waals surface area contributed by atoms with E-state index in [1.165, 1.54) is 28.8 Å². The highest BCUT2D eigenvalue weighted by Crippen LogP contribution is 2.38. The summed E-state index contributed by atoms with van der Waals surface area (Å²) in [5, 5.41) is 22.5. The lowest BCUT2D eigenvalue weighted by Gasteiger charge is -2.22. The highest BCUT2D eigenvalue weighted by atomic mass is 32.1. The third-order valence-corrected chi connectivity index (χ3v) is 8.24. The van der Waals surface area contributed by atoms with Gasteiger partial charge < -0.3 is 24.1 Å². The molecule has 0 fully saturated rings. The minimum absolute atomic E-state index is 0.0702. The third-order valence-electron chi connectivity index (χ3n) is 7.25. The number of aromatic hydroxyl groups is 1. The van der Waals surface area contributed by atoms with Crippen LogP contribution in [0.1, 0.15) is 50.4 Å². The number of carbonyl (C=O) groups excluding carboxylic acids is 1. The van der Waals surface area contributed by atoms with Gasteiger partial charge in [-0.05, 0) is 63.1 Å². The molecule has 0 spiro atoms. The van der Waals surface area contributed by atoms with Crippen molar-refractivity contribution in [2.24, 2.45) is 4.99 Å². The summed E-state index contributed by atoms with van der Waals surface area (Å²) in [5.74, 6) is -0.0264. The summed E-state index contributed by atoms with van der Waals surface area (Å²) in [4.78, 5) is 43.8. The molecule has 0 unspecified atom stereocenters. The van der Waals surface area contributed by atoms with Crippen LogP contribution in [0.3, 0.4) is 0 Å². The largest absolute Gasteiger partial charge is 0.504 e. The van der Waals surface area contributed by atoms with E-state index in [4.69, 9.17) is 23.9 Å². The van der Waals surface area contributed by atoms with Gasteiger partial charge in [-0.15, -0.1) is 0 Å². The van der Waals surface area contributed by atoms with Crippen molar-refractivity contribution in [2.45, 2.75) is 40.3 Å². The molecule has 244 valence electrons. The van der Waals surface area contributed by atoms with Crippen molar-refractivity contribution in [2.75, 3.05) is 19.8 Å². The maximum absolute atomic E-state index is 13.8. The molecule has 4 aromatic rings. The standard InChI is InChI=1S/C34H33N3O9S/c1-5-43-26-15-22(13-14-25(26)38)31-30(33(40)45-7-3)20(4)36-32(39)29(47-34(36)35-31)17-23-16-27(44-6-2)28(18-24(23)37(41)42)46-19-21-11-9-8-10-12-21/h8-18,31,38H,5-7,19H2,1-4H3/b29-17-/t31-/m0/s1. The number of nitro groups is 1. The molecule has 1 aromatic heterocycles. The topological polar surface area (TPSA) is 152 Å². The number of thiazole rings is 1. The van der Waals surface area contributed by atoms with Gasteiger partial charge in [0.2, 0.25) is 0 Å². The molecule has 3 aromatic carbocycles. The van der Waals surface area contributed by atoms with Gasteiger partial charge >= 0.3 is 5.97 Å². The first-order valence-electron chi connectivity index (χ1n) is 14.9. The van der Waals surface area contributed by atoms with Crippen LogP contribution in [0.5, 0.6) is 23.0 Å². The summed E-state index contributed by atoms with van der Waals surface area (Å²) in [6.45, 7) is 7.71. The molecule has 47 heavy (non-hydrogen) atoms. The number of hydrogen-bond acceptors (Lipinski definition) is 11. The van der Waals surface area contributed by atoms with Crippen LogP contribution in [0.25, 0.3) is 11.8 Å². The van der Waals surface area contributed by atoms with E-state index in [-0.39, 0.29) is 69.0 Å². The van der Waals surface area contributed by atoms with E-state index in [1.54, 1.807) is 39.8 Å². The lowest BCUT2D eigenvalue weighted by Crippen LogP contribution is -2.35. The predicted octanol–water partition coefficient (Wildman–Crippen LogP) is 4.90. The number of rotatable bonds is 12. The Bertz CT molecular complexity index is 2030. The monoisotopic (exact) mass is 659 g/mol. The summed E-state index contributed by atoms with van der Waals surface area (Å²) in [5.41, 5.74) is 1.19. The van der Waals surface area contributed by atoms with Crippen LogP contribution in [0.15, 0.2) is 76.0 Å². The van der Waals surface area contributed by atoms with Crippen LogP contribution in [0.4, 0.5) is 5.69 Å². The Labute approximate surface area is 273 Å². The summed E-state index contributed by atoms with van der Waals surface area (Å²) in [6, 6.07) is 15.9. The first-order valence-corrected chi connectivity index (χ1v) is 15.8. The molecule has 1 aliphatic heterocycles. The minimum Gasteiger partial charge on any atom is -0.504 e. The zero-order valence-electron chi connectivity index (χ0n) is 26.2. The molecule has 0 bridgehead atoms. The molecule has 0 saturated heterocycles. The summed E-state index contributed by atoms with van der Waals surface area (Å²) < 4.78 is 24.0. The van der Waals surface area contributed by atoms with Crippen molar-refractivity contribution in [3.05, 3.63) is 113 Å². The number of hydrogen-bond donors (Lipinski definition) is 1. The van der Waals surface area contributed by atoms with Crippen LogP contribution in [0.2, 0.25) is 0 Å². The van der Waals surface area contributed by atoms with E-state index in [0.717, 1.165) is 16.9 Å². The molecule has 13 heteroatoms. The highest BCUT2D eigenvalue weighted by Gasteiger charge is 2.32. The maximum Gasteiger partial charge on any atom is 0.338 e. The number of allylic oxidation sites excluding steroid dienone is 1. The zero-order valence-corrected chi connectivity index (χ0v) is 27.0. The molecule has 0 amide bonds. The Morgan fingerprint density at radius 1 is 1.00 bits per heavy atom. The molecular weight excluding hydrogens is 626 g/mol. The molecule has 1 atom stereocenters. The number of nitro benzene ring substituents is 1. The maximum atomic E-state index is 13.8. The fourth-order valence-corrected chi connectivity index (χ4v) is 6.16. The second kappa shape index (κ2) is 14.3. The first-order chi connectivity index (χ1) is 22.7. The highest BCUT2D eigenvalue weighted by molar-refractivity contribution is 7.07. The minimum atomic E-state index is -0.875. The van der Waals surface area contributed by atoms with E-state index in [0.29, 0.717) is 17.9 Å². The fraction of sp³-hybridized carbons (Fsp3) is 0.265. The van der Waals surface area contributed by atoms with Crippen molar-refractivity contribution < 1.29 is 33.8 Å². The number of carbonyl (C=O) groups is 1. The SMILES string of the molecule is CCOC(=O)C1=C(C)n2c(s/c(=C\c3cc(OCC)c(OCc4ccccc4)cc3[N+](=O)[O-])c2=O)=N[C@H]1c1ccc(O)c(OCC)c1. The van der Waals surface area contributed by atoms with E-state index in [2.05, 4.69) is 0 Å². The Hall–Kier alpha value is -5.43. The summed E-state index contributed by atoms with van der Waals surface area (Å²) in [7, 11) is 0. The van der Waals surface area contributed by atoms with Gasteiger partial charge in [-0.25, -0.2) is 9.79 Å². The number of phenols is 1. The zero-order chi connectivity index (χ0) is 33.7. The molecule has 12 nitrogen and oxygen atoms in total. The van der Waals surface area contributed by atoms with E-state index in [1.807, 2.05) is 30.3 Å². The first kappa shape index (κ1) is 32.9. The lowest BCUT2D eigenvalue weighted by atomic mass is 9.96. The second-order valence-electron chi connectivity index (χ2n) is 10.3. The van der Waals surface area contributed by atoms with Crippen LogP contribution in [-0.4, -0.2) is 40.4 Å². The van der Waals surface area contributed by atoms with Crippen molar-refractivity contribution in [1.29, 1.82) is 0 Å².